The van der Waals surface area contributed by atoms with Crippen LogP contribution in [0, 0.1) is 0 Å². The molecule has 0 spiro atoms. The van der Waals surface area contributed by atoms with E-state index in [0.29, 0.717) is 18.5 Å². The lowest BCUT2D eigenvalue weighted by molar-refractivity contribution is -0.107. The number of fused-ring (bicyclic) bond motifs is 1. The number of aromatic nitrogens is 2. The topological polar surface area (TPSA) is 67.4 Å². The van der Waals surface area contributed by atoms with Crippen LogP contribution in [-0.2, 0) is 16.0 Å². The average Bonchev–Trinajstić information content (AvgIpc) is 2.74. The standard InChI is InChI=1S/C21H28N4O2/c26-11-1-2-16-3-8-20-19(14-16)21(23-15-22-20)24-17-4-6-18(7-5-17)25-9-12-27-13-10-25/h3,8,11,14-15,17-18H,1-2,4-7,9-10,12-13H2,(H,22,23,24)/t17-,18-. The number of carbonyl (C=O) groups is 1. The second kappa shape index (κ2) is 8.76. The Morgan fingerprint density at radius 1 is 1.15 bits per heavy atom. The average molecular weight is 368 g/mol. The number of carbonyl (C=O) groups excluding carboxylic acids is 1. The van der Waals surface area contributed by atoms with Crippen molar-refractivity contribution in [2.24, 2.45) is 0 Å². The zero-order valence-corrected chi connectivity index (χ0v) is 15.8. The number of ether oxygens (including phenoxy) is 1. The highest BCUT2D eigenvalue weighted by Crippen LogP contribution is 2.28. The highest BCUT2D eigenvalue weighted by Gasteiger charge is 2.27. The molecular formula is C21H28N4O2. The summed E-state index contributed by atoms with van der Waals surface area (Å²) >= 11 is 0. The Hall–Kier alpha value is -2.05. The first-order chi connectivity index (χ1) is 13.3. The van der Waals surface area contributed by atoms with E-state index >= 15 is 0 Å². The van der Waals surface area contributed by atoms with E-state index in [1.165, 1.54) is 25.7 Å². The third-order valence-electron chi connectivity index (χ3n) is 5.85. The molecule has 4 rings (SSSR count). The summed E-state index contributed by atoms with van der Waals surface area (Å²) in [4.78, 5) is 22.2. The molecule has 1 saturated heterocycles. The highest BCUT2D eigenvalue weighted by atomic mass is 16.5. The Morgan fingerprint density at radius 2 is 1.96 bits per heavy atom. The van der Waals surface area contributed by atoms with Crippen LogP contribution in [0.2, 0.25) is 0 Å². The van der Waals surface area contributed by atoms with Crippen LogP contribution in [0.3, 0.4) is 0 Å². The molecule has 27 heavy (non-hydrogen) atoms. The van der Waals surface area contributed by atoms with Crippen LogP contribution >= 0.6 is 0 Å². The maximum Gasteiger partial charge on any atom is 0.137 e. The van der Waals surface area contributed by atoms with Crippen LogP contribution in [0.25, 0.3) is 10.9 Å². The van der Waals surface area contributed by atoms with Gasteiger partial charge in [0.1, 0.15) is 18.4 Å². The summed E-state index contributed by atoms with van der Waals surface area (Å²) in [6.45, 7) is 3.89. The van der Waals surface area contributed by atoms with Gasteiger partial charge in [-0.15, -0.1) is 0 Å². The lowest BCUT2D eigenvalue weighted by Crippen LogP contribution is -2.46. The summed E-state index contributed by atoms with van der Waals surface area (Å²) in [5, 5.41) is 4.72. The molecule has 144 valence electrons. The highest BCUT2D eigenvalue weighted by molar-refractivity contribution is 5.89. The first-order valence-electron chi connectivity index (χ1n) is 10.1. The molecule has 1 saturated carbocycles. The zero-order valence-electron chi connectivity index (χ0n) is 15.8. The summed E-state index contributed by atoms with van der Waals surface area (Å²) in [5.41, 5.74) is 2.10. The second-order valence-corrected chi connectivity index (χ2v) is 7.58. The quantitative estimate of drug-likeness (QED) is 0.791. The van der Waals surface area contributed by atoms with E-state index in [1.54, 1.807) is 6.33 Å². The van der Waals surface area contributed by atoms with Gasteiger partial charge >= 0.3 is 0 Å². The van der Waals surface area contributed by atoms with E-state index in [-0.39, 0.29) is 0 Å². The largest absolute Gasteiger partial charge is 0.379 e. The fourth-order valence-corrected chi connectivity index (χ4v) is 4.32. The van der Waals surface area contributed by atoms with E-state index in [9.17, 15) is 4.79 Å². The normalized spacial score (nSPS) is 24.0. The Balaban J connectivity index is 1.41. The van der Waals surface area contributed by atoms with Gasteiger partial charge in [-0.25, -0.2) is 9.97 Å². The molecule has 1 aliphatic carbocycles. The number of hydrogen-bond donors (Lipinski definition) is 1. The van der Waals surface area contributed by atoms with Gasteiger partial charge in [0.05, 0.1) is 18.7 Å². The minimum absolute atomic E-state index is 0.457. The van der Waals surface area contributed by atoms with Crippen LogP contribution in [0.1, 0.15) is 37.7 Å². The molecule has 2 aromatic rings. The fourth-order valence-electron chi connectivity index (χ4n) is 4.32. The van der Waals surface area contributed by atoms with Crippen molar-refractivity contribution in [2.75, 3.05) is 31.6 Å². The minimum Gasteiger partial charge on any atom is -0.379 e. The SMILES string of the molecule is O=CCCc1ccc2ncnc(N[C@H]3CC[C@H](N4CCOCC4)CC3)c2c1. The summed E-state index contributed by atoms with van der Waals surface area (Å²) in [5.74, 6) is 0.919. The van der Waals surface area contributed by atoms with Crippen molar-refractivity contribution in [1.29, 1.82) is 0 Å². The van der Waals surface area contributed by atoms with Crippen LogP contribution in [0.4, 0.5) is 5.82 Å². The maximum atomic E-state index is 10.7. The van der Waals surface area contributed by atoms with Gasteiger partial charge < -0.3 is 14.8 Å². The Morgan fingerprint density at radius 3 is 2.74 bits per heavy atom. The molecule has 6 heteroatoms. The molecule has 0 amide bonds. The Labute approximate surface area is 160 Å². The number of nitrogens with one attached hydrogen (secondary N) is 1. The monoisotopic (exact) mass is 368 g/mol. The molecule has 0 bridgehead atoms. The Bertz CT molecular complexity index is 768. The molecule has 2 aliphatic rings. The number of aryl methyl sites for hydroxylation is 1. The van der Waals surface area contributed by atoms with Crippen LogP contribution in [-0.4, -0.2) is 59.5 Å². The van der Waals surface area contributed by atoms with E-state index in [4.69, 9.17) is 4.74 Å². The fraction of sp³-hybridized carbons (Fsp3) is 0.571. The third kappa shape index (κ3) is 4.45. The predicted molar refractivity (Wildman–Crippen MR) is 106 cm³/mol. The van der Waals surface area contributed by atoms with Gasteiger partial charge in [-0.05, 0) is 49.8 Å². The van der Waals surface area contributed by atoms with Crippen molar-refractivity contribution < 1.29 is 9.53 Å². The lowest BCUT2D eigenvalue weighted by Gasteiger charge is -2.39. The molecule has 0 radical (unpaired) electrons. The van der Waals surface area contributed by atoms with E-state index in [2.05, 4.69) is 32.3 Å². The summed E-state index contributed by atoms with van der Waals surface area (Å²) in [6, 6.07) is 7.36. The number of morpholine rings is 1. The number of aldehydes is 1. The van der Waals surface area contributed by atoms with Crippen LogP contribution in [0.15, 0.2) is 24.5 Å². The number of benzene rings is 1. The summed E-state index contributed by atoms with van der Waals surface area (Å²) in [6.07, 6.45) is 8.70. The molecule has 1 aliphatic heterocycles. The van der Waals surface area contributed by atoms with Crippen molar-refractivity contribution in [3.8, 4) is 0 Å². The summed E-state index contributed by atoms with van der Waals surface area (Å²) < 4.78 is 5.48. The molecule has 2 heterocycles. The van der Waals surface area contributed by atoms with E-state index < -0.39 is 0 Å². The van der Waals surface area contributed by atoms with Gasteiger partial charge in [-0.1, -0.05) is 6.07 Å². The van der Waals surface area contributed by atoms with Crippen molar-refractivity contribution in [2.45, 2.75) is 50.6 Å². The molecule has 0 atom stereocenters. The smallest absolute Gasteiger partial charge is 0.137 e. The van der Waals surface area contributed by atoms with Gasteiger partial charge in [0.2, 0.25) is 0 Å². The van der Waals surface area contributed by atoms with Gasteiger partial charge in [0.15, 0.2) is 0 Å². The lowest BCUT2D eigenvalue weighted by atomic mass is 9.90. The number of anilines is 1. The van der Waals surface area contributed by atoms with Crippen molar-refractivity contribution in [3.63, 3.8) is 0 Å². The first-order valence-corrected chi connectivity index (χ1v) is 10.1. The number of rotatable bonds is 6. The zero-order chi connectivity index (χ0) is 18.5. The maximum absolute atomic E-state index is 10.7. The molecule has 6 nitrogen and oxygen atoms in total. The van der Waals surface area contributed by atoms with Gasteiger partial charge in [0, 0.05) is 37.0 Å². The van der Waals surface area contributed by atoms with Crippen molar-refractivity contribution in [1.82, 2.24) is 14.9 Å². The first kappa shape index (κ1) is 18.3. The predicted octanol–water partition coefficient (Wildman–Crippen LogP) is 2.82. The third-order valence-corrected chi connectivity index (χ3v) is 5.85. The molecule has 1 aromatic carbocycles. The van der Waals surface area contributed by atoms with Gasteiger partial charge in [0.25, 0.3) is 0 Å². The van der Waals surface area contributed by atoms with Gasteiger partial charge in [-0.2, -0.15) is 0 Å². The number of nitrogens with zero attached hydrogens (tertiary/aromatic N) is 3. The molecule has 1 N–H and O–H groups in total. The van der Waals surface area contributed by atoms with E-state index in [0.717, 1.165) is 61.3 Å². The Kier molecular flexibility index (Phi) is 5.94. The molecule has 2 fully saturated rings. The second-order valence-electron chi connectivity index (χ2n) is 7.58. The molecule has 1 aromatic heterocycles. The van der Waals surface area contributed by atoms with E-state index in [1.807, 2.05) is 6.07 Å². The minimum atomic E-state index is 0.457. The molecule has 0 unspecified atom stereocenters. The van der Waals surface area contributed by atoms with Crippen molar-refractivity contribution >= 4 is 23.0 Å². The molecular weight excluding hydrogens is 340 g/mol. The number of hydrogen-bond acceptors (Lipinski definition) is 6. The van der Waals surface area contributed by atoms with Gasteiger partial charge in [-0.3, -0.25) is 4.90 Å². The van der Waals surface area contributed by atoms with Crippen LogP contribution in [0.5, 0.6) is 0 Å². The summed E-state index contributed by atoms with van der Waals surface area (Å²) in [7, 11) is 0. The van der Waals surface area contributed by atoms with Crippen LogP contribution < -0.4 is 5.32 Å². The van der Waals surface area contributed by atoms with Crippen molar-refractivity contribution in [3.05, 3.63) is 30.1 Å².